The lowest BCUT2D eigenvalue weighted by atomic mass is 9.76. The smallest absolute Gasteiger partial charge is 0.293 e. The van der Waals surface area contributed by atoms with Gasteiger partial charge < -0.3 is 34.9 Å². The lowest BCUT2D eigenvalue weighted by Gasteiger charge is -2.50. The minimum absolute atomic E-state index is 0.0415. The van der Waals surface area contributed by atoms with Gasteiger partial charge in [-0.2, -0.15) is 0 Å². The Morgan fingerprint density at radius 3 is 2.55 bits per heavy atom. The van der Waals surface area contributed by atoms with Crippen LogP contribution in [0, 0.1) is 28.6 Å². The van der Waals surface area contributed by atoms with Crippen LogP contribution in [0.3, 0.4) is 0 Å². The number of ether oxygens (including phenoxy) is 2. The second-order valence-electron chi connectivity index (χ2n) is 19.4. The summed E-state index contributed by atoms with van der Waals surface area (Å²) in [5.74, 6) is 5.57. The molecule has 3 atom stereocenters. The second kappa shape index (κ2) is 20.3. The van der Waals surface area contributed by atoms with Crippen molar-refractivity contribution in [2.45, 2.75) is 84.9 Å². The number of nitrogens with one attached hydrogen (secondary N) is 2. The summed E-state index contributed by atoms with van der Waals surface area (Å²) in [4.78, 5) is 49.5. The second-order valence-corrected chi connectivity index (χ2v) is 19.4. The molecular formula is C53H68N8O5. The Bertz CT molecular complexity index is 2520. The average molecular weight is 897 g/mol. The van der Waals surface area contributed by atoms with Crippen LogP contribution < -0.4 is 16.5 Å². The number of rotatable bonds is 17. The van der Waals surface area contributed by atoms with E-state index in [2.05, 4.69) is 121 Å². The van der Waals surface area contributed by atoms with Gasteiger partial charge in [-0.15, -0.1) is 0 Å². The maximum absolute atomic E-state index is 14.6. The molecule has 4 N–H and O–H groups in total. The van der Waals surface area contributed by atoms with Crippen molar-refractivity contribution < 1.29 is 23.9 Å². The number of aromatic nitrogens is 2. The maximum Gasteiger partial charge on any atom is 0.293 e. The number of methoxy groups -OCH3 is 1. The van der Waals surface area contributed by atoms with Gasteiger partial charge in [0.2, 0.25) is 5.91 Å². The number of carbonyl (C=O) groups excluding carboxylic acids is 3. The highest BCUT2D eigenvalue weighted by molar-refractivity contribution is 5.95. The molecular weight excluding hydrogens is 829 g/mol. The van der Waals surface area contributed by atoms with Gasteiger partial charge in [0.05, 0.1) is 36.3 Å². The summed E-state index contributed by atoms with van der Waals surface area (Å²) in [5.41, 5.74) is 18.0. The molecule has 0 aliphatic carbocycles. The van der Waals surface area contributed by atoms with Gasteiger partial charge in [-0.1, -0.05) is 77.1 Å². The first-order chi connectivity index (χ1) is 31.6. The van der Waals surface area contributed by atoms with E-state index in [9.17, 15) is 14.4 Å². The number of allylic oxidation sites excluding steroid dienone is 1. The summed E-state index contributed by atoms with van der Waals surface area (Å²) in [6, 6.07) is 17.5. The van der Waals surface area contributed by atoms with Crippen LogP contribution >= 0.6 is 0 Å². The van der Waals surface area contributed by atoms with Crippen LogP contribution in [0.25, 0.3) is 33.3 Å². The number of hydrazine groups is 1. The zero-order chi connectivity index (χ0) is 47.3. The lowest BCUT2D eigenvalue weighted by Crippen LogP contribution is -2.59. The van der Waals surface area contributed by atoms with Crippen LogP contribution in [0.4, 0.5) is 0 Å². The molecule has 0 radical (unpaired) electrons. The van der Waals surface area contributed by atoms with Gasteiger partial charge in [0.1, 0.15) is 12.1 Å². The number of nitrogens with two attached hydrogens (primary N) is 1. The van der Waals surface area contributed by atoms with Crippen molar-refractivity contribution in [3.63, 3.8) is 0 Å². The van der Waals surface area contributed by atoms with Gasteiger partial charge in [-0.05, 0) is 91.0 Å². The molecule has 0 saturated carbocycles. The molecule has 1 spiro atoms. The first-order valence-electron chi connectivity index (χ1n) is 23.3. The highest BCUT2D eigenvalue weighted by Gasteiger charge is 2.53. The monoisotopic (exact) mass is 897 g/mol. The molecule has 3 unspecified atom stereocenters. The van der Waals surface area contributed by atoms with Crippen LogP contribution in [0.15, 0.2) is 85.3 Å². The molecule has 3 aliphatic rings. The minimum atomic E-state index is -0.808. The Labute approximate surface area is 390 Å². The first-order valence-corrected chi connectivity index (χ1v) is 23.3. The molecule has 2 aromatic carbocycles. The molecule has 3 saturated heterocycles. The van der Waals surface area contributed by atoms with E-state index in [0.717, 1.165) is 93.9 Å². The fourth-order valence-corrected chi connectivity index (χ4v) is 10.2. The van der Waals surface area contributed by atoms with Gasteiger partial charge in [-0.3, -0.25) is 24.4 Å². The van der Waals surface area contributed by atoms with Gasteiger partial charge in [0.25, 0.3) is 12.4 Å². The Kier molecular flexibility index (Phi) is 14.8. The van der Waals surface area contributed by atoms with Crippen molar-refractivity contribution in [1.82, 2.24) is 35.1 Å². The Balaban J connectivity index is 1.19. The van der Waals surface area contributed by atoms with Crippen molar-refractivity contribution in [2.75, 3.05) is 53.0 Å². The van der Waals surface area contributed by atoms with Gasteiger partial charge in [-0.25, -0.2) is 5.43 Å². The topological polar surface area (TPSA) is 147 Å². The Morgan fingerprint density at radius 1 is 1.08 bits per heavy atom. The quantitative estimate of drug-likeness (QED) is 0.0790. The van der Waals surface area contributed by atoms with Crippen LogP contribution in [0.2, 0.25) is 0 Å². The van der Waals surface area contributed by atoms with Crippen molar-refractivity contribution in [3.05, 3.63) is 102 Å². The third-order valence-corrected chi connectivity index (χ3v) is 13.8. The van der Waals surface area contributed by atoms with Crippen molar-refractivity contribution in [1.29, 1.82) is 0 Å². The molecule has 66 heavy (non-hydrogen) atoms. The SMILES string of the molecule is C=C(C#CCN)N1CC2(CCN(C(C(=O)NC(Cc3cccc(-c4ccc5c(c4)c(CC(C)(C)COC=O)c(-c4cccnc4C(C)OC)n5C)c3)C(=O)N3CCCCN3)C(C)C)C2=C)C1. The standard InChI is InChI=1S/C53H68N8O5/c1-35(2)48(60-26-21-53(38(60)5)31-59(32-53)36(3)15-13-22-54)50(63)57-45(51(64)61-25-11-10-24-56-61)28-39-16-12-17-40(27-39)41-19-20-46-43(29-41)44(30-52(6,7)33-66-34-62)49(58(46)8)42-18-14-23-55-47(42)37(4)65-9/h12,14,16-20,23,27,29,34-35,37,45,48,56H,3,5,10-11,21-22,24-26,28,30-33,54H2,1-2,4,6-9H3,(H,57,63). The number of benzene rings is 2. The molecule has 13 heteroatoms. The third kappa shape index (κ3) is 9.92. The number of carbonyl (C=O) groups is 3. The molecule has 3 fully saturated rings. The summed E-state index contributed by atoms with van der Waals surface area (Å²) < 4.78 is 13.3. The fourth-order valence-electron chi connectivity index (χ4n) is 10.2. The first kappa shape index (κ1) is 48.0. The molecule has 7 rings (SSSR count). The van der Waals surface area contributed by atoms with Crippen LogP contribution in [-0.4, -0.2) is 108 Å². The van der Waals surface area contributed by atoms with Crippen molar-refractivity contribution >= 4 is 29.2 Å². The van der Waals surface area contributed by atoms with Crippen LogP contribution in [-0.2, 0) is 43.7 Å². The van der Waals surface area contributed by atoms with E-state index in [1.165, 1.54) is 0 Å². The minimum Gasteiger partial charge on any atom is -0.467 e. The number of aryl methyl sites for hydroxylation is 1. The van der Waals surface area contributed by atoms with E-state index >= 15 is 0 Å². The molecule has 4 aromatic rings. The van der Waals surface area contributed by atoms with Gasteiger partial charge >= 0.3 is 0 Å². The summed E-state index contributed by atoms with van der Waals surface area (Å²) in [6.07, 6.45) is 5.24. The molecule has 0 bridgehead atoms. The highest BCUT2D eigenvalue weighted by atomic mass is 16.5. The van der Waals surface area contributed by atoms with E-state index in [1.807, 2.05) is 25.1 Å². The zero-order valence-electron chi connectivity index (χ0n) is 39.9. The zero-order valence-corrected chi connectivity index (χ0v) is 39.9. The van der Waals surface area contributed by atoms with E-state index in [1.54, 1.807) is 18.3 Å². The molecule has 350 valence electrons. The average Bonchev–Trinajstić information content (AvgIpc) is 3.77. The summed E-state index contributed by atoms with van der Waals surface area (Å²) >= 11 is 0. The third-order valence-electron chi connectivity index (χ3n) is 13.8. The Morgan fingerprint density at radius 2 is 1.85 bits per heavy atom. The summed E-state index contributed by atoms with van der Waals surface area (Å²) in [5, 5.41) is 6.03. The van der Waals surface area contributed by atoms with Crippen LogP contribution in [0.1, 0.15) is 76.8 Å². The molecule has 3 aliphatic heterocycles. The van der Waals surface area contributed by atoms with E-state index in [0.29, 0.717) is 38.9 Å². The lowest BCUT2D eigenvalue weighted by molar-refractivity contribution is -0.141. The largest absolute Gasteiger partial charge is 0.467 e. The van der Waals surface area contributed by atoms with Crippen molar-refractivity contribution in [2.24, 2.45) is 29.5 Å². The normalized spacial score (nSPS) is 17.3. The van der Waals surface area contributed by atoms with E-state index in [-0.39, 0.29) is 47.8 Å². The fraction of sp³-hybridized carbons (Fsp3) is 0.472. The number of fused-ring (bicyclic) bond motifs is 1. The molecule has 2 aromatic heterocycles. The number of amides is 2. The van der Waals surface area contributed by atoms with Gasteiger partial charge in [0, 0.05) is 92.5 Å². The van der Waals surface area contributed by atoms with E-state index in [4.69, 9.17) is 20.2 Å². The molecule has 2 amide bonds. The number of pyridine rings is 1. The van der Waals surface area contributed by atoms with Gasteiger partial charge in [0.15, 0.2) is 0 Å². The Hall–Kier alpha value is -5.94. The van der Waals surface area contributed by atoms with Crippen LogP contribution in [0.5, 0.6) is 0 Å². The highest BCUT2D eigenvalue weighted by Crippen LogP contribution is 2.49. The number of hydrogen-bond acceptors (Lipinski definition) is 10. The predicted molar refractivity (Wildman–Crippen MR) is 260 cm³/mol. The summed E-state index contributed by atoms with van der Waals surface area (Å²) in [6.45, 7) is 23.5. The molecule has 13 nitrogen and oxygen atoms in total. The van der Waals surface area contributed by atoms with Crippen molar-refractivity contribution in [3.8, 4) is 34.2 Å². The molecule has 5 heterocycles. The maximum atomic E-state index is 14.6. The predicted octanol–water partition coefficient (Wildman–Crippen LogP) is 6.53. The number of nitrogens with zero attached hydrogens (tertiary/aromatic N) is 5. The van der Waals surface area contributed by atoms with E-state index < -0.39 is 12.1 Å². The number of hydrogen-bond donors (Lipinski definition) is 3. The number of likely N-dealkylation sites (tertiary alicyclic amines) is 2. The summed E-state index contributed by atoms with van der Waals surface area (Å²) in [7, 11) is 3.77.